The van der Waals surface area contributed by atoms with E-state index in [4.69, 9.17) is 14.2 Å². The highest BCUT2D eigenvalue weighted by Crippen LogP contribution is 2.53. The standard InChI is InChI=1S/C28H28F4N4O4/c1-38-20-14-27(15-20)6-9-35-18(13-27)5-8-36-25(35)12-24(34-26(36)37)39-16-17-2-3-22(21(29)10-17)40-19-4-7-33-23(11-19)28(30,31)32/h2-4,7,10-12,18,20H,5-6,8-9,13-16H2,1H3. The van der Waals surface area contributed by atoms with Crippen LogP contribution in [0.25, 0.3) is 0 Å². The summed E-state index contributed by atoms with van der Waals surface area (Å²) in [6, 6.07) is 8.02. The van der Waals surface area contributed by atoms with Crippen molar-refractivity contribution in [2.75, 3.05) is 18.6 Å². The second-order valence-corrected chi connectivity index (χ2v) is 10.8. The van der Waals surface area contributed by atoms with Crippen LogP contribution in [0.4, 0.5) is 23.4 Å². The summed E-state index contributed by atoms with van der Waals surface area (Å²) in [5, 5.41) is 0. The van der Waals surface area contributed by atoms with E-state index in [-0.39, 0.29) is 29.7 Å². The third kappa shape index (κ3) is 5.12. The van der Waals surface area contributed by atoms with Crippen molar-refractivity contribution in [1.29, 1.82) is 0 Å². The Morgan fingerprint density at radius 2 is 1.93 bits per heavy atom. The van der Waals surface area contributed by atoms with Gasteiger partial charge in [-0.3, -0.25) is 9.55 Å². The molecule has 12 heteroatoms. The molecule has 1 saturated heterocycles. The number of nitrogens with zero attached hydrogens (tertiary/aromatic N) is 4. The topological polar surface area (TPSA) is 78.7 Å². The smallest absolute Gasteiger partial charge is 0.433 e. The van der Waals surface area contributed by atoms with Crippen LogP contribution < -0.4 is 20.1 Å². The number of fused-ring (bicyclic) bond motifs is 3. The molecule has 6 rings (SSSR count). The summed E-state index contributed by atoms with van der Waals surface area (Å²) in [5.41, 5.74) is -0.762. The van der Waals surface area contributed by atoms with E-state index in [1.54, 1.807) is 17.7 Å². The number of pyridine rings is 1. The molecule has 3 aromatic rings. The number of aromatic nitrogens is 3. The maximum atomic E-state index is 14.7. The zero-order valence-electron chi connectivity index (χ0n) is 21.8. The molecule has 2 aromatic heterocycles. The quantitative estimate of drug-likeness (QED) is 0.377. The lowest BCUT2D eigenvalue weighted by molar-refractivity contribution is -0.141. The number of hydrogen-bond donors (Lipinski definition) is 0. The number of ether oxygens (including phenoxy) is 3. The molecule has 212 valence electrons. The van der Waals surface area contributed by atoms with Gasteiger partial charge in [-0.2, -0.15) is 18.2 Å². The molecule has 8 nitrogen and oxygen atoms in total. The van der Waals surface area contributed by atoms with Crippen LogP contribution in [-0.2, 0) is 24.1 Å². The summed E-state index contributed by atoms with van der Waals surface area (Å²) < 4.78 is 71.7. The van der Waals surface area contributed by atoms with Crippen molar-refractivity contribution in [2.24, 2.45) is 5.41 Å². The van der Waals surface area contributed by atoms with Crippen LogP contribution in [0.3, 0.4) is 0 Å². The van der Waals surface area contributed by atoms with Gasteiger partial charge in [-0.05, 0) is 61.3 Å². The maximum Gasteiger partial charge on any atom is 0.433 e. The van der Waals surface area contributed by atoms with Gasteiger partial charge < -0.3 is 19.1 Å². The van der Waals surface area contributed by atoms with Crippen molar-refractivity contribution < 1.29 is 31.8 Å². The summed E-state index contributed by atoms with van der Waals surface area (Å²) in [6.07, 6.45) is 1.82. The molecule has 3 aliphatic rings. The third-order valence-corrected chi connectivity index (χ3v) is 8.23. The van der Waals surface area contributed by atoms with Gasteiger partial charge in [-0.25, -0.2) is 9.18 Å². The first-order valence-electron chi connectivity index (χ1n) is 13.2. The van der Waals surface area contributed by atoms with Crippen LogP contribution in [0.1, 0.15) is 43.4 Å². The minimum Gasteiger partial charge on any atom is -0.473 e. The summed E-state index contributed by atoms with van der Waals surface area (Å²) in [6.45, 7) is 1.38. The van der Waals surface area contributed by atoms with Crippen LogP contribution in [0.5, 0.6) is 17.4 Å². The van der Waals surface area contributed by atoms with Crippen LogP contribution in [0.15, 0.2) is 47.4 Å². The van der Waals surface area contributed by atoms with Crippen molar-refractivity contribution in [3.8, 4) is 17.4 Å². The Kier molecular flexibility index (Phi) is 6.68. The Labute approximate surface area is 227 Å². The second-order valence-electron chi connectivity index (χ2n) is 10.8. The summed E-state index contributed by atoms with van der Waals surface area (Å²) in [4.78, 5) is 22.4. The Balaban J connectivity index is 1.13. The van der Waals surface area contributed by atoms with E-state index in [2.05, 4.69) is 14.9 Å². The summed E-state index contributed by atoms with van der Waals surface area (Å²) in [7, 11) is 1.76. The average molecular weight is 561 g/mol. The predicted molar refractivity (Wildman–Crippen MR) is 136 cm³/mol. The van der Waals surface area contributed by atoms with Gasteiger partial charge in [0.05, 0.1) is 6.10 Å². The van der Waals surface area contributed by atoms with E-state index >= 15 is 0 Å². The fourth-order valence-corrected chi connectivity index (χ4v) is 6.16. The monoisotopic (exact) mass is 560 g/mol. The zero-order valence-corrected chi connectivity index (χ0v) is 21.8. The van der Waals surface area contributed by atoms with E-state index in [0.717, 1.165) is 50.7 Å². The molecule has 1 unspecified atom stereocenters. The Bertz CT molecular complexity index is 1470. The molecule has 1 aromatic carbocycles. The lowest BCUT2D eigenvalue weighted by Crippen LogP contribution is -2.56. The van der Waals surface area contributed by atoms with Crippen molar-refractivity contribution in [1.82, 2.24) is 14.5 Å². The Morgan fingerprint density at radius 1 is 1.10 bits per heavy atom. The van der Waals surface area contributed by atoms with E-state index < -0.39 is 17.7 Å². The number of halogens is 4. The molecule has 40 heavy (non-hydrogen) atoms. The first-order valence-corrected chi connectivity index (χ1v) is 13.2. The maximum absolute atomic E-state index is 14.7. The third-order valence-electron chi connectivity index (χ3n) is 8.23. The number of anilines is 1. The summed E-state index contributed by atoms with van der Waals surface area (Å²) >= 11 is 0. The lowest BCUT2D eigenvalue weighted by atomic mass is 9.59. The normalized spacial score (nSPS) is 23.8. The highest BCUT2D eigenvalue weighted by atomic mass is 19.4. The van der Waals surface area contributed by atoms with Crippen molar-refractivity contribution in [3.63, 3.8) is 0 Å². The Hall–Kier alpha value is -3.67. The van der Waals surface area contributed by atoms with E-state index in [1.165, 1.54) is 24.3 Å². The fourth-order valence-electron chi connectivity index (χ4n) is 6.16. The summed E-state index contributed by atoms with van der Waals surface area (Å²) in [5.74, 6) is -0.277. The van der Waals surface area contributed by atoms with Gasteiger partial charge >= 0.3 is 11.9 Å². The number of alkyl halides is 3. The molecule has 0 radical (unpaired) electrons. The molecule has 2 aliphatic heterocycles. The molecule has 0 N–H and O–H groups in total. The number of piperidine rings is 1. The highest BCUT2D eigenvalue weighted by molar-refractivity contribution is 5.46. The highest BCUT2D eigenvalue weighted by Gasteiger charge is 2.49. The van der Waals surface area contributed by atoms with E-state index in [9.17, 15) is 22.4 Å². The van der Waals surface area contributed by atoms with Gasteiger partial charge in [-0.1, -0.05) is 6.07 Å². The zero-order chi connectivity index (χ0) is 28.1. The molecule has 4 heterocycles. The molecule has 1 atom stereocenters. The average Bonchev–Trinajstić information content (AvgIpc) is 2.91. The molecule has 0 amide bonds. The van der Waals surface area contributed by atoms with E-state index in [0.29, 0.717) is 35.7 Å². The largest absolute Gasteiger partial charge is 0.473 e. The van der Waals surface area contributed by atoms with Gasteiger partial charge in [0, 0.05) is 44.6 Å². The first-order chi connectivity index (χ1) is 19.1. The van der Waals surface area contributed by atoms with Crippen LogP contribution in [0.2, 0.25) is 0 Å². The molecule has 1 aliphatic carbocycles. The molecule has 1 saturated carbocycles. The predicted octanol–water partition coefficient (Wildman–Crippen LogP) is 5.34. The van der Waals surface area contributed by atoms with Gasteiger partial charge in [0.25, 0.3) is 0 Å². The number of methoxy groups -OCH3 is 1. The number of hydrogen-bond acceptors (Lipinski definition) is 7. The first kappa shape index (κ1) is 26.5. The van der Waals surface area contributed by atoms with Crippen molar-refractivity contribution >= 4 is 5.82 Å². The molecule has 2 fully saturated rings. The van der Waals surface area contributed by atoms with Gasteiger partial charge in [-0.15, -0.1) is 0 Å². The number of rotatable bonds is 6. The van der Waals surface area contributed by atoms with Crippen LogP contribution >= 0.6 is 0 Å². The SMILES string of the molecule is COC1CC2(CCN3c4cc(OCc5ccc(Oc6ccnc(C(F)(F)F)c6)c(F)c5)nc(=O)n4CCC3C2)C1. The molecular formula is C28H28F4N4O4. The Morgan fingerprint density at radius 3 is 2.67 bits per heavy atom. The lowest BCUT2D eigenvalue weighted by Gasteiger charge is -2.56. The van der Waals surface area contributed by atoms with E-state index in [1.807, 2.05) is 0 Å². The molecular weight excluding hydrogens is 532 g/mol. The van der Waals surface area contributed by atoms with Gasteiger partial charge in [0.15, 0.2) is 11.6 Å². The fraction of sp³-hybridized carbons (Fsp3) is 0.464. The molecule has 1 spiro atoms. The molecule has 0 bridgehead atoms. The minimum atomic E-state index is -4.65. The number of benzene rings is 1. The second kappa shape index (κ2) is 10.1. The van der Waals surface area contributed by atoms with Gasteiger partial charge in [0.2, 0.25) is 5.88 Å². The minimum absolute atomic E-state index is 0.0640. The van der Waals surface area contributed by atoms with Crippen LogP contribution in [-0.4, -0.2) is 40.3 Å². The van der Waals surface area contributed by atoms with Gasteiger partial charge in [0.1, 0.15) is 23.9 Å². The van der Waals surface area contributed by atoms with Crippen molar-refractivity contribution in [3.05, 3.63) is 70.2 Å². The van der Waals surface area contributed by atoms with Crippen LogP contribution in [0, 0.1) is 11.2 Å². The van der Waals surface area contributed by atoms with Crippen molar-refractivity contribution in [2.45, 2.75) is 63.6 Å².